The zero-order chi connectivity index (χ0) is 15.0. The highest BCUT2D eigenvalue weighted by Crippen LogP contribution is 2.37. The second kappa shape index (κ2) is 5.24. The van der Waals surface area contributed by atoms with Gasteiger partial charge < -0.3 is 13.9 Å². The molecule has 0 saturated carbocycles. The number of esters is 2. The van der Waals surface area contributed by atoms with Crippen LogP contribution in [0.2, 0.25) is 0 Å². The van der Waals surface area contributed by atoms with E-state index in [1.54, 1.807) is 0 Å². The number of ether oxygens (including phenoxy) is 2. The van der Waals surface area contributed by atoms with E-state index in [1.807, 2.05) is 24.3 Å². The molecule has 0 fully saturated rings. The third kappa shape index (κ3) is 2.18. The normalized spacial score (nSPS) is 20.9. The zero-order valence-electron chi connectivity index (χ0n) is 11.9. The minimum absolute atomic E-state index is 0.358. The number of carbonyl (C=O) groups excluding carboxylic acids is 2. The minimum Gasteiger partial charge on any atom is -0.469 e. The molecule has 1 heterocycles. The molecule has 0 N–H and O–H groups in total. The zero-order valence-corrected chi connectivity index (χ0v) is 11.9. The number of methoxy groups -OCH3 is 2. The largest absolute Gasteiger partial charge is 0.469 e. The van der Waals surface area contributed by atoms with Gasteiger partial charge in [-0.05, 0) is 12.5 Å². The predicted octanol–water partition coefficient (Wildman–Crippen LogP) is 2.11. The summed E-state index contributed by atoms with van der Waals surface area (Å²) in [5.41, 5.74) is 1.76. The third-order valence-corrected chi connectivity index (χ3v) is 4.10. The van der Waals surface area contributed by atoms with Crippen molar-refractivity contribution in [3.63, 3.8) is 0 Å². The Morgan fingerprint density at radius 2 is 1.67 bits per heavy atom. The Labute approximate surface area is 121 Å². The van der Waals surface area contributed by atoms with Gasteiger partial charge in [0.2, 0.25) is 0 Å². The molecule has 2 atom stereocenters. The van der Waals surface area contributed by atoms with Crippen molar-refractivity contribution >= 4 is 22.9 Å². The molecule has 2 aromatic rings. The fraction of sp³-hybridized carbons (Fsp3) is 0.375. The van der Waals surface area contributed by atoms with E-state index in [9.17, 15) is 9.59 Å². The Morgan fingerprint density at radius 3 is 2.33 bits per heavy atom. The molecule has 0 bridgehead atoms. The summed E-state index contributed by atoms with van der Waals surface area (Å²) in [5.74, 6) is -1.13. The average Bonchev–Trinajstić information content (AvgIpc) is 2.89. The van der Waals surface area contributed by atoms with E-state index in [2.05, 4.69) is 0 Å². The summed E-state index contributed by atoms with van der Waals surface area (Å²) in [6.07, 6.45) is 0.787. The number of furan rings is 1. The summed E-state index contributed by atoms with van der Waals surface area (Å²) in [6.45, 7) is 0. The molecule has 0 unspecified atom stereocenters. The van der Waals surface area contributed by atoms with Gasteiger partial charge in [0, 0.05) is 17.4 Å². The molecule has 1 aromatic heterocycles. The lowest BCUT2D eigenvalue weighted by Crippen LogP contribution is -2.37. The van der Waals surface area contributed by atoms with E-state index in [1.165, 1.54) is 14.2 Å². The van der Waals surface area contributed by atoms with Gasteiger partial charge in [-0.25, -0.2) is 0 Å². The number of benzene rings is 1. The van der Waals surface area contributed by atoms with Crippen molar-refractivity contribution in [2.45, 2.75) is 12.8 Å². The summed E-state index contributed by atoms with van der Waals surface area (Å²) in [5, 5.41) is 0.990. The summed E-state index contributed by atoms with van der Waals surface area (Å²) >= 11 is 0. The highest BCUT2D eigenvalue weighted by molar-refractivity contribution is 5.87. The standard InChI is InChI=1S/C16H16O5/c1-19-15(17)11-7-10-9-5-3-4-6-13(9)21-14(10)8-12(11)16(18)20-2/h3-6,11-12H,7-8H2,1-2H3/t11-,12+/m1/s1. The Kier molecular flexibility index (Phi) is 3.41. The predicted molar refractivity (Wildman–Crippen MR) is 74.6 cm³/mol. The Hall–Kier alpha value is -2.30. The van der Waals surface area contributed by atoms with Gasteiger partial charge in [0.25, 0.3) is 0 Å². The highest BCUT2D eigenvalue weighted by atomic mass is 16.5. The summed E-state index contributed by atoms with van der Waals surface area (Å²) in [4.78, 5) is 24.0. The van der Waals surface area contributed by atoms with Crippen molar-refractivity contribution in [2.75, 3.05) is 14.2 Å². The number of hydrogen-bond donors (Lipinski definition) is 0. The first kappa shape index (κ1) is 13.7. The monoisotopic (exact) mass is 288 g/mol. The molecule has 0 radical (unpaired) electrons. The van der Waals surface area contributed by atoms with Crippen molar-refractivity contribution in [1.29, 1.82) is 0 Å². The first-order valence-corrected chi connectivity index (χ1v) is 6.80. The quantitative estimate of drug-likeness (QED) is 0.792. The van der Waals surface area contributed by atoms with E-state index < -0.39 is 17.8 Å². The van der Waals surface area contributed by atoms with Crippen molar-refractivity contribution in [3.8, 4) is 0 Å². The van der Waals surface area contributed by atoms with Gasteiger partial charge >= 0.3 is 11.9 Å². The molecule has 0 amide bonds. The molecular weight excluding hydrogens is 272 g/mol. The van der Waals surface area contributed by atoms with Gasteiger partial charge in [-0.15, -0.1) is 0 Å². The molecular formula is C16H16O5. The SMILES string of the molecule is COC(=O)[C@H]1Cc2oc3ccccc3c2C[C@H]1C(=O)OC. The van der Waals surface area contributed by atoms with E-state index in [-0.39, 0.29) is 5.97 Å². The maximum absolute atomic E-state index is 12.0. The molecule has 5 nitrogen and oxygen atoms in total. The number of rotatable bonds is 2. The second-order valence-electron chi connectivity index (χ2n) is 5.17. The van der Waals surface area contributed by atoms with Crippen LogP contribution >= 0.6 is 0 Å². The maximum atomic E-state index is 12.0. The lowest BCUT2D eigenvalue weighted by molar-refractivity contribution is -0.158. The molecule has 0 spiro atoms. The van der Waals surface area contributed by atoms with Gasteiger partial charge in [0.1, 0.15) is 11.3 Å². The number of hydrogen-bond acceptors (Lipinski definition) is 5. The van der Waals surface area contributed by atoms with Crippen LogP contribution in [-0.2, 0) is 31.9 Å². The molecule has 0 aliphatic heterocycles. The van der Waals surface area contributed by atoms with Gasteiger partial charge in [0.15, 0.2) is 0 Å². The minimum atomic E-state index is -0.560. The maximum Gasteiger partial charge on any atom is 0.310 e. The molecule has 0 saturated heterocycles. The van der Waals surface area contributed by atoms with Crippen LogP contribution < -0.4 is 0 Å². The lowest BCUT2D eigenvalue weighted by Gasteiger charge is -2.26. The van der Waals surface area contributed by atoms with E-state index >= 15 is 0 Å². The van der Waals surface area contributed by atoms with Crippen LogP contribution in [0.15, 0.2) is 28.7 Å². The fourth-order valence-corrected chi connectivity index (χ4v) is 3.04. The van der Waals surface area contributed by atoms with E-state index in [0.717, 1.165) is 22.3 Å². The smallest absolute Gasteiger partial charge is 0.310 e. The fourth-order valence-electron chi connectivity index (χ4n) is 3.04. The Morgan fingerprint density at radius 1 is 1.05 bits per heavy atom. The molecule has 110 valence electrons. The van der Waals surface area contributed by atoms with Crippen molar-refractivity contribution < 1.29 is 23.5 Å². The second-order valence-corrected chi connectivity index (χ2v) is 5.17. The molecule has 5 heteroatoms. The van der Waals surface area contributed by atoms with Crippen molar-refractivity contribution in [1.82, 2.24) is 0 Å². The van der Waals surface area contributed by atoms with Crippen LogP contribution in [0.25, 0.3) is 11.0 Å². The first-order valence-electron chi connectivity index (χ1n) is 6.80. The van der Waals surface area contributed by atoms with Crippen LogP contribution in [0.3, 0.4) is 0 Å². The Balaban J connectivity index is 2.07. The molecule has 21 heavy (non-hydrogen) atoms. The van der Waals surface area contributed by atoms with Crippen molar-refractivity contribution in [2.24, 2.45) is 11.8 Å². The van der Waals surface area contributed by atoms with Gasteiger partial charge in [0.05, 0.1) is 26.1 Å². The highest BCUT2D eigenvalue weighted by Gasteiger charge is 2.41. The van der Waals surface area contributed by atoms with Crippen molar-refractivity contribution in [3.05, 3.63) is 35.6 Å². The van der Waals surface area contributed by atoms with Crippen LogP contribution in [0.1, 0.15) is 11.3 Å². The number of para-hydroxylation sites is 1. The summed E-state index contributed by atoms with van der Waals surface area (Å²) in [6, 6.07) is 7.67. The lowest BCUT2D eigenvalue weighted by atomic mass is 9.78. The van der Waals surface area contributed by atoms with Gasteiger partial charge in [-0.1, -0.05) is 18.2 Å². The van der Waals surface area contributed by atoms with Crippen LogP contribution in [0.5, 0.6) is 0 Å². The molecule has 1 aliphatic carbocycles. The van der Waals surface area contributed by atoms with Crippen LogP contribution in [0.4, 0.5) is 0 Å². The van der Waals surface area contributed by atoms with Gasteiger partial charge in [-0.2, -0.15) is 0 Å². The first-order chi connectivity index (χ1) is 10.2. The van der Waals surface area contributed by atoms with Crippen LogP contribution in [0, 0.1) is 11.8 Å². The third-order valence-electron chi connectivity index (χ3n) is 4.10. The summed E-state index contributed by atoms with van der Waals surface area (Å²) in [7, 11) is 2.66. The Bertz CT molecular complexity index is 700. The topological polar surface area (TPSA) is 65.7 Å². The van der Waals surface area contributed by atoms with E-state index in [0.29, 0.717) is 12.8 Å². The summed E-state index contributed by atoms with van der Waals surface area (Å²) < 4.78 is 15.5. The molecule has 1 aromatic carbocycles. The van der Waals surface area contributed by atoms with Gasteiger partial charge in [-0.3, -0.25) is 9.59 Å². The van der Waals surface area contributed by atoms with E-state index in [4.69, 9.17) is 13.9 Å². The number of fused-ring (bicyclic) bond motifs is 3. The van der Waals surface area contributed by atoms with Crippen LogP contribution in [-0.4, -0.2) is 26.2 Å². The average molecular weight is 288 g/mol. The molecule has 1 aliphatic rings. The molecule has 3 rings (SSSR count). The number of carbonyl (C=O) groups is 2.